The zero-order valence-electron chi connectivity index (χ0n) is 19.1. The number of hydrogen-bond donors (Lipinski definition) is 2. The highest BCUT2D eigenvalue weighted by Gasteiger charge is 2.33. The second kappa shape index (κ2) is 10.2. The number of alkyl halides is 3. The van der Waals surface area contributed by atoms with E-state index in [4.69, 9.17) is 0 Å². The molecule has 1 unspecified atom stereocenters. The number of fused-ring (bicyclic) bond motifs is 1. The van der Waals surface area contributed by atoms with Crippen molar-refractivity contribution in [3.63, 3.8) is 0 Å². The summed E-state index contributed by atoms with van der Waals surface area (Å²) < 4.78 is 39.9. The fraction of sp³-hybridized carbons (Fsp3) is 0.417. The molecule has 2 amide bonds. The first-order valence-electron chi connectivity index (χ1n) is 10.9. The Morgan fingerprint density at radius 3 is 2.35 bits per heavy atom. The summed E-state index contributed by atoms with van der Waals surface area (Å²) in [6.07, 6.45) is -2.72. The lowest BCUT2D eigenvalue weighted by atomic mass is 10.1. The van der Waals surface area contributed by atoms with Crippen LogP contribution < -0.4 is 10.1 Å². The molecule has 0 saturated carbocycles. The van der Waals surface area contributed by atoms with Crippen LogP contribution in [0.25, 0.3) is 0 Å². The second-order valence-electron chi connectivity index (χ2n) is 8.61. The van der Waals surface area contributed by atoms with Gasteiger partial charge in [0, 0.05) is 23.2 Å². The number of benzene rings is 2. The van der Waals surface area contributed by atoms with Crippen LogP contribution in [-0.2, 0) is 17.6 Å². The fourth-order valence-electron chi connectivity index (χ4n) is 3.82. The van der Waals surface area contributed by atoms with Gasteiger partial charge in [0.25, 0.3) is 0 Å². The number of halogens is 3. The van der Waals surface area contributed by atoms with Crippen molar-refractivity contribution >= 4 is 29.4 Å². The summed E-state index contributed by atoms with van der Waals surface area (Å²) in [6.45, 7) is 5.80. The average Bonchev–Trinajstić information content (AvgIpc) is 3.14. The van der Waals surface area contributed by atoms with Crippen molar-refractivity contribution in [1.82, 2.24) is 4.90 Å². The molecule has 2 aromatic rings. The average molecular weight is 497 g/mol. The highest BCUT2D eigenvalue weighted by molar-refractivity contribution is 8.01. The summed E-state index contributed by atoms with van der Waals surface area (Å²) in [5.41, 5.74) is 2.56. The van der Waals surface area contributed by atoms with E-state index in [1.54, 1.807) is 18.7 Å². The first kappa shape index (κ1) is 25.7. The molecule has 1 aliphatic carbocycles. The number of ether oxygens (including phenoxy) is 1. The maximum Gasteiger partial charge on any atom is 0.573 e. The van der Waals surface area contributed by atoms with Gasteiger partial charge in [-0.1, -0.05) is 13.0 Å². The van der Waals surface area contributed by atoms with Crippen LogP contribution in [0, 0.1) is 0 Å². The first-order valence-corrected chi connectivity index (χ1v) is 11.7. The molecule has 3 rings (SSSR count). The number of hydrogen-bond acceptors (Lipinski definition) is 4. The van der Waals surface area contributed by atoms with Gasteiger partial charge in [-0.25, -0.2) is 4.79 Å². The first-order chi connectivity index (χ1) is 15.9. The van der Waals surface area contributed by atoms with Gasteiger partial charge in [0.2, 0.25) is 0 Å². The van der Waals surface area contributed by atoms with Gasteiger partial charge in [-0.15, -0.1) is 24.9 Å². The van der Waals surface area contributed by atoms with Crippen LogP contribution in [0.4, 0.5) is 23.7 Å². The summed E-state index contributed by atoms with van der Waals surface area (Å²) in [6, 6.07) is 10.5. The van der Waals surface area contributed by atoms with Crippen molar-refractivity contribution in [2.75, 3.05) is 11.9 Å². The van der Waals surface area contributed by atoms with E-state index in [9.17, 15) is 27.9 Å². The lowest BCUT2D eigenvalue weighted by molar-refractivity contribution is -0.274. The number of nitrogens with zero attached hydrogens (tertiary/aromatic N) is 1. The number of urea groups is 1. The van der Waals surface area contributed by atoms with Crippen molar-refractivity contribution in [3.05, 3.63) is 53.6 Å². The highest BCUT2D eigenvalue weighted by atomic mass is 32.2. The summed E-state index contributed by atoms with van der Waals surface area (Å²) in [4.78, 5) is 27.1. The third kappa shape index (κ3) is 6.59. The zero-order chi connectivity index (χ0) is 25.1. The molecule has 10 heteroatoms. The number of nitrogens with one attached hydrogen (secondary N) is 1. The van der Waals surface area contributed by atoms with Gasteiger partial charge >= 0.3 is 18.4 Å². The van der Waals surface area contributed by atoms with Gasteiger partial charge in [-0.3, -0.25) is 4.79 Å². The molecule has 2 aromatic carbocycles. The second-order valence-corrected chi connectivity index (χ2v) is 10.3. The van der Waals surface area contributed by atoms with E-state index in [-0.39, 0.29) is 17.8 Å². The number of aliphatic carboxylic acids is 1. The Morgan fingerprint density at radius 1 is 1.12 bits per heavy atom. The number of carbonyl (C=O) groups excluding carboxylic acids is 1. The van der Waals surface area contributed by atoms with Gasteiger partial charge in [-0.2, -0.15) is 0 Å². The van der Waals surface area contributed by atoms with E-state index >= 15 is 0 Å². The molecular formula is C24H27F3N2O4S. The Bertz CT molecular complexity index is 1040. The number of carboxylic acid groups (broad SMARTS) is 1. The maximum atomic E-state index is 13.0. The lowest BCUT2D eigenvalue weighted by Crippen LogP contribution is -2.43. The van der Waals surface area contributed by atoms with Crippen molar-refractivity contribution in [1.29, 1.82) is 0 Å². The van der Waals surface area contributed by atoms with Crippen LogP contribution in [0.1, 0.15) is 38.3 Å². The van der Waals surface area contributed by atoms with Crippen LogP contribution in [0.15, 0.2) is 47.4 Å². The minimum atomic E-state index is -4.78. The molecule has 1 aliphatic rings. The summed E-state index contributed by atoms with van der Waals surface area (Å²) in [5.74, 6) is -1.25. The Morgan fingerprint density at radius 2 is 1.76 bits per heavy atom. The summed E-state index contributed by atoms with van der Waals surface area (Å²) in [7, 11) is 0. The van der Waals surface area contributed by atoms with Gasteiger partial charge in [-0.05, 0) is 80.6 Å². The molecule has 184 valence electrons. The van der Waals surface area contributed by atoms with Gasteiger partial charge < -0.3 is 20.1 Å². The minimum Gasteiger partial charge on any atom is -0.480 e. The predicted molar refractivity (Wildman–Crippen MR) is 124 cm³/mol. The summed E-state index contributed by atoms with van der Waals surface area (Å²) in [5, 5.41) is 12.1. The van der Waals surface area contributed by atoms with Crippen molar-refractivity contribution in [2.24, 2.45) is 0 Å². The molecule has 0 heterocycles. The monoisotopic (exact) mass is 496 g/mol. The topological polar surface area (TPSA) is 78.9 Å². The molecule has 1 atom stereocenters. The van der Waals surface area contributed by atoms with E-state index in [0.29, 0.717) is 25.1 Å². The van der Waals surface area contributed by atoms with Crippen molar-refractivity contribution in [3.8, 4) is 5.75 Å². The van der Waals surface area contributed by atoms with E-state index in [0.717, 1.165) is 34.6 Å². The van der Waals surface area contributed by atoms with Crippen LogP contribution in [0.3, 0.4) is 0 Å². The number of anilines is 1. The molecule has 0 aromatic heterocycles. The highest BCUT2D eigenvalue weighted by Crippen LogP contribution is 2.36. The van der Waals surface area contributed by atoms with E-state index in [2.05, 4.69) is 10.1 Å². The predicted octanol–water partition coefficient (Wildman–Crippen LogP) is 5.95. The van der Waals surface area contributed by atoms with Gasteiger partial charge in [0.1, 0.15) is 10.5 Å². The van der Waals surface area contributed by atoms with Crippen molar-refractivity contribution in [2.45, 2.75) is 62.1 Å². The molecule has 0 saturated heterocycles. The van der Waals surface area contributed by atoms with E-state index in [1.807, 2.05) is 25.1 Å². The molecule has 0 spiro atoms. The molecule has 0 radical (unpaired) electrons. The molecule has 0 fully saturated rings. The fourth-order valence-corrected chi connectivity index (χ4v) is 4.83. The van der Waals surface area contributed by atoms with Crippen LogP contribution in [-0.4, -0.2) is 45.7 Å². The Hall–Kier alpha value is -2.88. The third-order valence-corrected chi connectivity index (χ3v) is 6.66. The SMILES string of the molecule is CCCN(C(=O)Nc1ccc(OC(F)(F)F)cc1)C1Cc2ccc(SC(C)(C)C(=O)O)cc2C1. The standard InChI is InChI=1S/C24H27F3N2O4S/c1-4-11-29(22(32)28-17-6-8-19(9-7-17)33-24(25,26)27)18-12-15-5-10-20(14-16(15)13-18)34-23(2,3)21(30)31/h5-10,14,18H,4,11-13H2,1-3H3,(H,28,32)(H,30,31). The Kier molecular flexibility index (Phi) is 7.70. The Labute approximate surface area is 200 Å². The smallest absolute Gasteiger partial charge is 0.480 e. The molecular weight excluding hydrogens is 469 g/mol. The molecule has 0 bridgehead atoms. The molecule has 0 aliphatic heterocycles. The lowest BCUT2D eigenvalue weighted by Gasteiger charge is -2.29. The van der Waals surface area contributed by atoms with Gasteiger partial charge in [0.05, 0.1) is 0 Å². The molecule has 2 N–H and O–H groups in total. The maximum absolute atomic E-state index is 13.0. The van der Waals surface area contributed by atoms with Gasteiger partial charge in [0.15, 0.2) is 0 Å². The van der Waals surface area contributed by atoms with E-state index < -0.39 is 17.1 Å². The summed E-state index contributed by atoms with van der Waals surface area (Å²) >= 11 is 1.28. The zero-order valence-corrected chi connectivity index (χ0v) is 19.9. The number of carbonyl (C=O) groups is 2. The number of amides is 2. The van der Waals surface area contributed by atoms with Crippen molar-refractivity contribution < 1.29 is 32.6 Å². The van der Waals surface area contributed by atoms with Crippen LogP contribution >= 0.6 is 11.8 Å². The van der Waals surface area contributed by atoms with Crippen LogP contribution in [0.2, 0.25) is 0 Å². The third-order valence-electron chi connectivity index (χ3n) is 5.48. The van der Waals surface area contributed by atoms with E-state index in [1.165, 1.54) is 23.9 Å². The normalized spacial score (nSPS) is 15.5. The number of carboxylic acids is 1. The largest absolute Gasteiger partial charge is 0.573 e. The quantitative estimate of drug-likeness (QED) is 0.442. The number of thioether (sulfide) groups is 1. The Balaban J connectivity index is 1.68. The molecule has 34 heavy (non-hydrogen) atoms. The minimum absolute atomic E-state index is 0.0736. The molecule has 6 nitrogen and oxygen atoms in total. The number of rotatable bonds is 8. The van der Waals surface area contributed by atoms with Crippen LogP contribution in [0.5, 0.6) is 5.75 Å².